The van der Waals surface area contributed by atoms with Gasteiger partial charge < -0.3 is 4.74 Å². The van der Waals surface area contributed by atoms with Crippen LogP contribution >= 0.6 is 0 Å². The number of hydrogen-bond donors (Lipinski definition) is 0. The van der Waals surface area contributed by atoms with Crippen molar-refractivity contribution in [2.45, 2.75) is 18.2 Å². The molecule has 0 aromatic heterocycles. The Balaban J connectivity index is 2.65. The van der Waals surface area contributed by atoms with Crippen molar-refractivity contribution in [1.29, 1.82) is 0 Å². The molecule has 17 heavy (non-hydrogen) atoms. The molecule has 0 fully saturated rings. The standard InChI is InChI=1S/C12H16O4S/c1-3-9-15-10-16-17(13,14)12-7-5-11(4-2)6-8-12/h4-8H,2-3,9-10H2,1H3. The van der Waals surface area contributed by atoms with Crippen molar-refractivity contribution in [1.82, 2.24) is 0 Å². The first-order valence-corrected chi connectivity index (χ1v) is 6.70. The molecule has 1 aromatic rings. The summed E-state index contributed by atoms with van der Waals surface area (Å²) in [6.45, 7) is 5.75. The minimum atomic E-state index is -3.73. The first-order valence-electron chi connectivity index (χ1n) is 5.30. The highest BCUT2D eigenvalue weighted by Gasteiger charge is 2.14. The van der Waals surface area contributed by atoms with E-state index in [1.807, 2.05) is 6.92 Å². The monoisotopic (exact) mass is 256 g/mol. The quantitative estimate of drug-likeness (QED) is 0.427. The molecule has 0 aliphatic rings. The second-order valence-corrected chi connectivity index (χ2v) is 4.99. The van der Waals surface area contributed by atoms with E-state index in [0.717, 1.165) is 12.0 Å². The van der Waals surface area contributed by atoms with E-state index in [1.165, 1.54) is 12.1 Å². The number of ether oxygens (including phenoxy) is 1. The Morgan fingerprint density at radius 2 is 1.94 bits per heavy atom. The summed E-state index contributed by atoms with van der Waals surface area (Å²) in [6, 6.07) is 6.28. The van der Waals surface area contributed by atoms with Crippen molar-refractivity contribution < 1.29 is 17.3 Å². The SMILES string of the molecule is C=Cc1ccc(S(=O)(=O)OCOCCC)cc1. The highest BCUT2D eigenvalue weighted by atomic mass is 32.2. The van der Waals surface area contributed by atoms with Gasteiger partial charge >= 0.3 is 0 Å². The molecule has 0 amide bonds. The molecule has 0 N–H and O–H groups in total. The van der Waals surface area contributed by atoms with E-state index in [-0.39, 0.29) is 11.7 Å². The van der Waals surface area contributed by atoms with Gasteiger partial charge in [0.25, 0.3) is 10.1 Å². The summed E-state index contributed by atoms with van der Waals surface area (Å²) in [5.74, 6) is 0. The van der Waals surface area contributed by atoms with Crippen molar-refractivity contribution in [3.63, 3.8) is 0 Å². The lowest BCUT2D eigenvalue weighted by Crippen LogP contribution is -2.10. The van der Waals surface area contributed by atoms with E-state index in [1.54, 1.807) is 18.2 Å². The fourth-order valence-corrected chi connectivity index (χ4v) is 1.94. The fourth-order valence-electron chi connectivity index (χ4n) is 1.14. The highest BCUT2D eigenvalue weighted by molar-refractivity contribution is 7.86. The smallest absolute Gasteiger partial charge is 0.299 e. The predicted octanol–water partition coefficient (Wildman–Crippen LogP) is 2.42. The Morgan fingerprint density at radius 3 is 2.47 bits per heavy atom. The van der Waals surface area contributed by atoms with Crippen LogP contribution < -0.4 is 0 Å². The van der Waals surface area contributed by atoms with Crippen LogP contribution in [0.1, 0.15) is 18.9 Å². The molecule has 0 atom stereocenters. The van der Waals surface area contributed by atoms with Gasteiger partial charge in [-0.3, -0.25) is 0 Å². The summed E-state index contributed by atoms with van der Waals surface area (Å²) in [5.41, 5.74) is 0.853. The zero-order chi connectivity index (χ0) is 12.7. The highest BCUT2D eigenvalue weighted by Crippen LogP contribution is 2.14. The van der Waals surface area contributed by atoms with Crippen LogP contribution in [-0.2, 0) is 19.0 Å². The van der Waals surface area contributed by atoms with E-state index >= 15 is 0 Å². The van der Waals surface area contributed by atoms with Crippen molar-refractivity contribution in [3.8, 4) is 0 Å². The third-order valence-electron chi connectivity index (χ3n) is 2.04. The molecular formula is C12H16O4S. The first-order chi connectivity index (χ1) is 8.10. The lowest BCUT2D eigenvalue weighted by atomic mass is 10.2. The second kappa shape index (κ2) is 6.54. The van der Waals surface area contributed by atoms with Crippen LogP contribution in [0.4, 0.5) is 0 Å². The van der Waals surface area contributed by atoms with Gasteiger partial charge in [0.1, 0.15) is 0 Å². The van der Waals surface area contributed by atoms with E-state index in [2.05, 4.69) is 6.58 Å². The topological polar surface area (TPSA) is 52.6 Å². The Hall–Kier alpha value is -1.17. The molecule has 5 heteroatoms. The van der Waals surface area contributed by atoms with Gasteiger partial charge in [-0.15, -0.1) is 0 Å². The van der Waals surface area contributed by atoms with Gasteiger partial charge in [0.2, 0.25) is 0 Å². The Kier molecular flexibility index (Phi) is 5.34. The predicted molar refractivity (Wildman–Crippen MR) is 65.9 cm³/mol. The normalized spacial score (nSPS) is 11.4. The average Bonchev–Trinajstić information content (AvgIpc) is 2.35. The molecule has 0 aliphatic carbocycles. The van der Waals surface area contributed by atoms with E-state index in [0.29, 0.717) is 6.61 Å². The van der Waals surface area contributed by atoms with E-state index < -0.39 is 10.1 Å². The molecule has 0 saturated heterocycles. The van der Waals surface area contributed by atoms with E-state index in [4.69, 9.17) is 8.92 Å². The van der Waals surface area contributed by atoms with Crippen LogP contribution in [0.3, 0.4) is 0 Å². The maximum atomic E-state index is 11.7. The van der Waals surface area contributed by atoms with Crippen LogP contribution in [-0.4, -0.2) is 21.8 Å². The molecule has 0 bridgehead atoms. The van der Waals surface area contributed by atoms with Crippen LogP contribution in [0, 0.1) is 0 Å². The maximum absolute atomic E-state index is 11.7. The lowest BCUT2D eigenvalue weighted by molar-refractivity contribution is 0.0198. The van der Waals surface area contributed by atoms with Gasteiger partial charge in [-0.2, -0.15) is 8.42 Å². The summed E-state index contributed by atoms with van der Waals surface area (Å²) in [4.78, 5) is 0.114. The molecule has 0 aliphatic heterocycles. The molecule has 1 rings (SSSR count). The van der Waals surface area contributed by atoms with Crippen molar-refractivity contribution >= 4 is 16.2 Å². The van der Waals surface area contributed by atoms with Crippen LogP contribution in [0.15, 0.2) is 35.7 Å². The molecular weight excluding hydrogens is 240 g/mol. The second-order valence-electron chi connectivity index (χ2n) is 3.37. The zero-order valence-electron chi connectivity index (χ0n) is 9.76. The molecule has 0 radical (unpaired) electrons. The first kappa shape index (κ1) is 13.9. The average molecular weight is 256 g/mol. The maximum Gasteiger partial charge on any atom is 0.299 e. The molecule has 4 nitrogen and oxygen atoms in total. The van der Waals surface area contributed by atoms with Gasteiger partial charge in [0.05, 0.1) is 4.90 Å². The molecule has 0 unspecified atom stereocenters. The minimum absolute atomic E-state index is 0.114. The summed E-state index contributed by atoms with van der Waals surface area (Å²) in [7, 11) is -3.73. The zero-order valence-corrected chi connectivity index (χ0v) is 10.6. The summed E-state index contributed by atoms with van der Waals surface area (Å²) in [5, 5.41) is 0. The number of hydrogen-bond acceptors (Lipinski definition) is 4. The molecule has 0 spiro atoms. The Labute approximate surface area is 102 Å². The summed E-state index contributed by atoms with van der Waals surface area (Å²) < 4.78 is 33.0. The Bertz CT molecular complexity index is 448. The molecule has 1 aromatic carbocycles. The molecule has 94 valence electrons. The minimum Gasteiger partial charge on any atom is -0.354 e. The van der Waals surface area contributed by atoms with Gasteiger partial charge in [-0.05, 0) is 24.1 Å². The van der Waals surface area contributed by atoms with Crippen molar-refractivity contribution in [2.75, 3.05) is 13.4 Å². The molecule has 0 saturated carbocycles. The van der Waals surface area contributed by atoms with E-state index in [9.17, 15) is 8.42 Å². The van der Waals surface area contributed by atoms with Gasteiger partial charge in [-0.1, -0.05) is 31.7 Å². The van der Waals surface area contributed by atoms with Crippen molar-refractivity contribution in [2.24, 2.45) is 0 Å². The van der Waals surface area contributed by atoms with Gasteiger partial charge in [0.15, 0.2) is 6.79 Å². The molecule has 0 heterocycles. The lowest BCUT2D eigenvalue weighted by Gasteiger charge is -2.06. The number of rotatable bonds is 7. The van der Waals surface area contributed by atoms with Crippen LogP contribution in [0.5, 0.6) is 0 Å². The third-order valence-corrected chi connectivity index (χ3v) is 3.30. The van der Waals surface area contributed by atoms with Crippen LogP contribution in [0.25, 0.3) is 6.08 Å². The van der Waals surface area contributed by atoms with Crippen molar-refractivity contribution in [3.05, 3.63) is 36.4 Å². The fraction of sp³-hybridized carbons (Fsp3) is 0.333. The largest absolute Gasteiger partial charge is 0.354 e. The summed E-state index contributed by atoms with van der Waals surface area (Å²) >= 11 is 0. The van der Waals surface area contributed by atoms with Gasteiger partial charge in [-0.25, -0.2) is 4.18 Å². The van der Waals surface area contributed by atoms with Crippen LogP contribution in [0.2, 0.25) is 0 Å². The van der Waals surface area contributed by atoms with Gasteiger partial charge in [0, 0.05) is 6.61 Å². The third kappa shape index (κ3) is 4.30. The summed E-state index contributed by atoms with van der Waals surface area (Å²) in [6.07, 6.45) is 2.46. The number of benzene rings is 1. The Morgan fingerprint density at radius 1 is 1.29 bits per heavy atom.